The van der Waals surface area contributed by atoms with Gasteiger partial charge in [0.15, 0.2) is 0 Å². The Morgan fingerprint density at radius 2 is 2.00 bits per heavy atom. The zero-order chi connectivity index (χ0) is 10.7. The number of nitrogens with two attached hydrogens (primary N) is 1. The molecule has 0 spiro atoms. The van der Waals surface area contributed by atoms with Gasteiger partial charge in [0.05, 0.1) is 5.51 Å². The summed E-state index contributed by atoms with van der Waals surface area (Å²) in [4.78, 5) is 18.4. The van der Waals surface area contributed by atoms with Crippen LogP contribution < -0.4 is 5.73 Å². The number of nitrogen functional groups attached to an aromatic ring is 1. The molecule has 2 rings (SSSR count). The normalized spacial score (nSPS) is 17.5. The summed E-state index contributed by atoms with van der Waals surface area (Å²) < 4.78 is 0. The molecule has 4 nitrogen and oxygen atoms in total. The molecular weight excluding hydrogens is 210 g/mol. The monoisotopic (exact) mass is 225 g/mol. The van der Waals surface area contributed by atoms with Gasteiger partial charge in [-0.25, -0.2) is 4.98 Å². The van der Waals surface area contributed by atoms with Crippen molar-refractivity contribution in [3.63, 3.8) is 0 Å². The molecule has 5 heteroatoms. The van der Waals surface area contributed by atoms with E-state index in [0.717, 1.165) is 25.9 Å². The highest BCUT2D eigenvalue weighted by molar-refractivity contribution is 7.12. The van der Waals surface area contributed by atoms with Crippen molar-refractivity contribution in [3.05, 3.63) is 10.4 Å². The van der Waals surface area contributed by atoms with Gasteiger partial charge in [-0.05, 0) is 12.8 Å². The molecule has 82 valence electrons. The number of nitrogens with zero attached hydrogens (tertiary/aromatic N) is 2. The lowest BCUT2D eigenvalue weighted by Crippen LogP contribution is -2.31. The highest BCUT2D eigenvalue weighted by Gasteiger charge is 2.20. The molecular formula is C10H15N3OS. The van der Waals surface area contributed by atoms with Crippen LogP contribution in [0.25, 0.3) is 0 Å². The number of aromatic nitrogens is 1. The summed E-state index contributed by atoms with van der Waals surface area (Å²) in [6.07, 6.45) is 4.65. The molecule has 0 atom stereocenters. The van der Waals surface area contributed by atoms with Crippen LogP contribution in [0.2, 0.25) is 0 Å². The summed E-state index contributed by atoms with van der Waals surface area (Å²) in [7, 11) is 0. The Morgan fingerprint density at radius 3 is 2.53 bits per heavy atom. The van der Waals surface area contributed by atoms with Gasteiger partial charge in [0.2, 0.25) is 0 Å². The lowest BCUT2D eigenvalue weighted by atomic mass is 10.2. The van der Waals surface area contributed by atoms with Crippen molar-refractivity contribution >= 4 is 23.1 Å². The fourth-order valence-corrected chi connectivity index (χ4v) is 2.51. The lowest BCUT2D eigenvalue weighted by Gasteiger charge is -2.19. The van der Waals surface area contributed by atoms with Crippen molar-refractivity contribution in [1.29, 1.82) is 0 Å². The van der Waals surface area contributed by atoms with Gasteiger partial charge >= 0.3 is 0 Å². The number of hydrogen-bond donors (Lipinski definition) is 1. The van der Waals surface area contributed by atoms with E-state index in [9.17, 15) is 4.79 Å². The van der Waals surface area contributed by atoms with E-state index in [1.165, 1.54) is 24.2 Å². The third-order valence-electron chi connectivity index (χ3n) is 2.68. The first kappa shape index (κ1) is 10.4. The summed E-state index contributed by atoms with van der Waals surface area (Å²) in [6.45, 7) is 1.71. The lowest BCUT2D eigenvalue weighted by molar-refractivity contribution is 0.0767. The number of anilines is 1. The third kappa shape index (κ3) is 2.28. The van der Waals surface area contributed by atoms with Crippen LogP contribution in [0, 0.1) is 0 Å². The van der Waals surface area contributed by atoms with Crippen LogP contribution in [0.1, 0.15) is 35.4 Å². The fourth-order valence-electron chi connectivity index (χ4n) is 1.83. The molecule has 0 saturated carbocycles. The molecule has 1 aliphatic heterocycles. The molecule has 2 N–H and O–H groups in total. The van der Waals surface area contributed by atoms with Crippen molar-refractivity contribution in [3.8, 4) is 0 Å². The summed E-state index contributed by atoms with van der Waals surface area (Å²) in [6, 6.07) is 0. The number of carbonyl (C=O) groups is 1. The second kappa shape index (κ2) is 4.61. The van der Waals surface area contributed by atoms with Crippen molar-refractivity contribution in [1.82, 2.24) is 9.88 Å². The maximum absolute atomic E-state index is 12.1. The van der Waals surface area contributed by atoms with Crippen LogP contribution in [0.5, 0.6) is 0 Å². The largest absolute Gasteiger partial charge is 0.382 e. The molecule has 0 bridgehead atoms. The quantitative estimate of drug-likeness (QED) is 0.792. The molecule has 15 heavy (non-hydrogen) atoms. The maximum atomic E-state index is 12.1. The second-order valence-electron chi connectivity index (χ2n) is 3.77. The van der Waals surface area contributed by atoms with E-state index in [0.29, 0.717) is 10.7 Å². The minimum absolute atomic E-state index is 0.0527. The second-order valence-corrected chi connectivity index (χ2v) is 4.63. The molecule has 0 radical (unpaired) electrons. The average molecular weight is 225 g/mol. The average Bonchev–Trinajstić information content (AvgIpc) is 2.53. The molecule has 2 heterocycles. The van der Waals surface area contributed by atoms with E-state index in [1.54, 1.807) is 5.51 Å². The highest BCUT2D eigenvalue weighted by Crippen LogP contribution is 2.20. The van der Waals surface area contributed by atoms with Gasteiger partial charge in [-0.3, -0.25) is 4.79 Å². The summed E-state index contributed by atoms with van der Waals surface area (Å²) in [5, 5.41) is 0. The van der Waals surface area contributed by atoms with E-state index in [-0.39, 0.29) is 5.91 Å². The van der Waals surface area contributed by atoms with Crippen molar-refractivity contribution < 1.29 is 4.79 Å². The topological polar surface area (TPSA) is 59.2 Å². The van der Waals surface area contributed by atoms with Gasteiger partial charge < -0.3 is 10.6 Å². The van der Waals surface area contributed by atoms with E-state index >= 15 is 0 Å². The molecule has 1 amide bonds. The number of rotatable bonds is 1. The Kier molecular flexibility index (Phi) is 3.20. The first-order valence-corrected chi connectivity index (χ1v) is 6.15. The Balaban J connectivity index is 2.09. The summed E-state index contributed by atoms with van der Waals surface area (Å²) in [5.41, 5.74) is 7.26. The van der Waals surface area contributed by atoms with Crippen molar-refractivity contribution in [2.24, 2.45) is 0 Å². The zero-order valence-electron chi connectivity index (χ0n) is 8.61. The molecule has 1 aliphatic rings. The van der Waals surface area contributed by atoms with Crippen molar-refractivity contribution in [2.75, 3.05) is 18.8 Å². The Morgan fingerprint density at radius 1 is 1.33 bits per heavy atom. The minimum atomic E-state index is 0.0527. The molecule has 1 saturated heterocycles. The number of hydrogen-bond acceptors (Lipinski definition) is 4. The smallest absolute Gasteiger partial charge is 0.267 e. The number of thiazole rings is 1. The van der Waals surface area contributed by atoms with Gasteiger partial charge in [0, 0.05) is 13.1 Å². The number of carbonyl (C=O) groups excluding carboxylic acids is 1. The predicted molar refractivity (Wildman–Crippen MR) is 60.9 cm³/mol. The van der Waals surface area contributed by atoms with Crippen LogP contribution in [0.15, 0.2) is 5.51 Å². The van der Waals surface area contributed by atoms with Crippen LogP contribution in [0.3, 0.4) is 0 Å². The molecule has 0 aromatic carbocycles. The predicted octanol–water partition coefficient (Wildman–Crippen LogP) is 1.74. The van der Waals surface area contributed by atoms with Crippen LogP contribution >= 0.6 is 11.3 Å². The maximum Gasteiger partial charge on any atom is 0.267 e. The van der Waals surface area contributed by atoms with Gasteiger partial charge in [-0.1, -0.05) is 12.8 Å². The third-order valence-corrected chi connectivity index (χ3v) is 3.51. The number of amides is 1. The van der Waals surface area contributed by atoms with Gasteiger partial charge in [0.1, 0.15) is 10.7 Å². The van der Waals surface area contributed by atoms with E-state index in [2.05, 4.69) is 4.98 Å². The van der Waals surface area contributed by atoms with E-state index in [1.807, 2.05) is 4.90 Å². The fraction of sp³-hybridized carbons (Fsp3) is 0.600. The highest BCUT2D eigenvalue weighted by atomic mass is 32.1. The van der Waals surface area contributed by atoms with Gasteiger partial charge in [-0.15, -0.1) is 11.3 Å². The Labute approximate surface area is 93.1 Å². The van der Waals surface area contributed by atoms with Gasteiger partial charge in [-0.2, -0.15) is 0 Å². The molecule has 1 aromatic rings. The Bertz CT molecular complexity index is 342. The van der Waals surface area contributed by atoms with Crippen LogP contribution in [0.4, 0.5) is 5.82 Å². The summed E-state index contributed by atoms with van der Waals surface area (Å²) in [5.74, 6) is 0.422. The standard InChI is InChI=1S/C10H15N3OS/c11-9-8(15-7-12-9)10(14)13-5-3-1-2-4-6-13/h7H,1-6,11H2. The zero-order valence-corrected chi connectivity index (χ0v) is 9.42. The van der Waals surface area contributed by atoms with E-state index < -0.39 is 0 Å². The van der Waals surface area contributed by atoms with Crippen molar-refractivity contribution in [2.45, 2.75) is 25.7 Å². The first-order valence-electron chi connectivity index (χ1n) is 5.27. The molecule has 1 aromatic heterocycles. The number of likely N-dealkylation sites (tertiary alicyclic amines) is 1. The molecule has 1 fully saturated rings. The molecule has 0 unspecified atom stereocenters. The minimum Gasteiger partial charge on any atom is -0.382 e. The summed E-state index contributed by atoms with van der Waals surface area (Å²) >= 11 is 1.33. The van der Waals surface area contributed by atoms with Gasteiger partial charge in [0.25, 0.3) is 5.91 Å². The SMILES string of the molecule is Nc1ncsc1C(=O)N1CCCCCC1. The van der Waals surface area contributed by atoms with Crippen LogP contribution in [-0.2, 0) is 0 Å². The molecule has 0 aliphatic carbocycles. The van der Waals surface area contributed by atoms with Crippen LogP contribution in [-0.4, -0.2) is 28.9 Å². The Hall–Kier alpha value is -1.10. The van der Waals surface area contributed by atoms with E-state index in [4.69, 9.17) is 5.73 Å². The first-order chi connectivity index (χ1) is 7.29.